The average Bonchev–Trinajstić information content (AvgIpc) is 3.33. The number of hydrogen-bond acceptors (Lipinski definition) is 8. The summed E-state index contributed by atoms with van der Waals surface area (Å²) in [6.45, 7) is 4.26. The second-order valence-electron chi connectivity index (χ2n) is 10.6. The van der Waals surface area contributed by atoms with Crippen molar-refractivity contribution in [1.29, 1.82) is 5.26 Å². The van der Waals surface area contributed by atoms with E-state index in [4.69, 9.17) is 9.47 Å². The van der Waals surface area contributed by atoms with Gasteiger partial charge in [-0.05, 0) is 30.3 Å². The molecule has 2 N–H and O–H groups in total. The van der Waals surface area contributed by atoms with Crippen LogP contribution in [-0.2, 0) is 11.2 Å². The fourth-order valence-corrected chi connectivity index (χ4v) is 6.86. The van der Waals surface area contributed by atoms with Crippen LogP contribution in [0.2, 0.25) is 0 Å². The Morgan fingerprint density at radius 1 is 1.08 bits per heavy atom. The highest BCUT2D eigenvalue weighted by molar-refractivity contribution is 5.59. The van der Waals surface area contributed by atoms with Gasteiger partial charge in [0.2, 0.25) is 0 Å². The minimum absolute atomic E-state index is 0.354. The van der Waals surface area contributed by atoms with E-state index >= 15 is 0 Å². The fraction of sp³-hybridized carbons (Fsp3) is 0.400. The van der Waals surface area contributed by atoms with Crippen LogP contribution in [0.15, 0.2) is 67.0 Å². The number of methoxy groups -OCH3 is 1. The van der Waals surface area contributed by atoms with Gasteiger partial charge >= 0.3 is 0 Å². The lowest BCUT2D eigenvalue weighted by atomic mass is 9.70. The van der Waals surface area contributed by atoms with Crippen LogP contribution in [-0.4, -0.2) is 78.0 Å². The van der Waals surface area contributed by atoms with Gasteiger partial charge in [0.25, 0.3) is 0 Å². The third-order valence-electron chi connectivity index (χ3n) is 8.68. The van der Waals surface area contributed by atoms with Crippen molar-refractivity contribution in [2.75, 3.05) is 46.9 Å². The lowest BCUT2D eigenvalue weighted by molar-refractivity contribution is -0.152. The molecule has 1 unspecified atom stereocenters. The minimum Gasteiger partial charge on any atom is -0.495 e. The molecule has 3 aromatic rings. The SMILES string of the molecule is COc1cncc2c1[C@]1(O)[C@H](O)[C@H](CN3CCN(C)CC3)[C@@H](c3ccccc3)C1(c1ccc(C#N)cc1)O2. The number of likely N-dealkylation sites (N-methyl/N-ethyl adjacent to an activating group) is 1. The molecule has 0 spiro atoms. The van der Waals surface area contributed by atoms with E-state index in [1.54, 1.807) is 24.5 Å². The molecule has 3 aliphatic rings. The molecule has 0 radical (unpaired) electrons. The van der Waals surface area contributed by atoms with Gasteiger partial charge in [0.05, 0.1) is 42.8 Å². The topological polar surface area (TPSA) is 102 Å². The molecule has 1 saturated heterocycles. The Kier molecular flexibility index (Phi) is 6.12. The van der Waals surface area contributed by atoms with Gasteiger partial charge in [-0.15, -0.1) is 0 Å². The molecule has 0 bridgehead atoms. The highest BCUT2D eigenvalue weighted by Crippen LogP contribution is 2.69. The van der Waals surface area contributed by atoms with Crippen molar-refractivity contribution in [3.05, 3.63) is 89.2 Å². The van der Waals surface area contributed by atoms with Crippen LogP contribution in [0.1, 0.15) is 28.2 Å². The van der Waals surface area contributed by atoms with Gasteiger partial charge in [0.1, 0.15) is 11.5 Å². The molecule has 2 aliphatic heterocycles. The van der Waals surface area contributed by atoms with E-state index in [0.717, 1.165) is 31.7 Å². The van der Waals surface area contributed by atoms with Crippen molar-refractivity contribution in [3.8, 4) is 17.6 Å². The number of piperazine rings is 1. The van der Waals surface area contributed by atoms with Gasteiger partial charge < -0.3 is 29.5 Å². The molecule has 38 heavy (non-hydrogen) atoms. The minimum atomic E-state index is -1.83. The van der Waals surface area contributed by atoms with E-state index in [-0.39, 0.29) is 5.92 Å². The summed E-state index contributed by atoms with van der Waals surface area (Å²) in [7, 11) is 3.65. The largest absolute Gasteiger partial charge is 0.495 e. The first-order chi connectivity index (χ1) is 18.4. The summed E-state index contributed by atoms with van der Waals surface area (Å²) < 4.78 is 12.5. The number of aliphatic hydroxyl groups excluding tert-OH is 1. The molecular formula is C30H32N4O4. The number of nitrogens with zero attached hydrogens (tertiary/aromatic N) is 4. The highest BCUT2D eigenvalue weighted by Gasteiger charge is 2.76. The summed E-state index contributed by atoms with van der Waals surface area (Å²) >= 11 is 0. The third kappa shape index (κ3) is 3.47. The number of aliphatic hydroxyl groups is 2. The Labute approximate surface area is 222 Å². The van der Waals surface area contributed by atoms with Crippen LogP contribution in [0.25, 0.3) is 0 Å². The van der Waals surface area contributed by atoms with Crippen LogP contribution < -0.4 is 9.47 Å². The zero-order chi connectivity index (χ0) is 26.5. The van der Waals surface area contributed by atoms with Crippen molar-refractivity contribution in [2.45, 2.75) is 23.2 Å². The molecule has 1 aromatic heterocycles. The lowest BCUT2D eigenvalue weighted by Gasteiger charge is -2.41. The Morgan fingerprint density at radius 3 is 2.45 bits per heavy atom. The molecule has 1 saturated carbocycles. The van der Waals surface area contributed by atoms with E-state index in [9.17, 15) is 15.5 Å². The predicted molar refractivity (Wildman–Crippen MR) is 141 cm³/mol. The zero-order valence-corrected chi connectivity index (χ0v) is 21.6. The van der Waals surface area contributed by atoms with E-state index in [1.807, 2.05) is 42.5 Å². The number of fused-ring (bicyclic) bond motifs is 3. The van der Waals surface area contributed by atoms with Crippen molar-refractivity contribution in [2.24, 2.45) is 5.92 Å². The van der Waals surface area contributed by atoms with Crippen molar-refractivity contribution in [1.82, 2.24) is 14.8 Å². The molecule has 3 heterocycles. The van der Waals surface area contributed by atoms with Crippen LogP contribution in [0.3, 0.4) is 0 Å². The van der Waals surface area contributed by atoms with E-state index in [1.165, 1.54) is 7.11 Å². The molecule has 8 heteroatoms. The standard InChI is InChI=1S/C30H32N4O4/c1-33-12-14-34(15-13-33)19-23-26(21-6-4-3-5-7-21)30(22-10-8-20(16-31)9-11-22)29(36,28(23)35)27-24(37-2)17-32-18-25(27)38-30/h3-11,17-18,23,26,28,35-36H,12-15,19H2,1-2H3/t23-,26-,28-,29+,30?/m1/s1. The van der Waals surface area contributed by atoms with Crippen LogP contribution >= 0.6 is 0 Å². The number of nitriles is 1. The van der Waals surface area contributed by atoms with Crippen LogP contribution in [0, 0.1) is 17.2 Å². The Hall–Kier alpha value is -3.48. The fourth-order valence-electron chi connectivity index (χ4n) is 6.86. The quantitative estimate of drug-likeness (QED) is 0.538. The monoisotopic (exact) mass is 512 g/mol. The van der Waals surface area contributed by atoms with Crippen LogP contribution in [0.4, 0.5) is 0 Å². The highest BCUT2D eigenvalue weighted by atomic mass is 16.5. The smallest absolute Gasteiger partial charge is 0.177 e. The first-order valence-electron chi connectivity index (χ1n) is 13.0. The second kappa shape index (κ2) is 9.37. The number of aromatic nitrogens is 1. The molecule has 1 aliphatic carbocycles. The van der Waals surface area contributed by atoms with E-state index in [0.29, 0.717) is 34.7 Å². The Balaban J connectivity index is 1.59. The first-order valence-corrected chi connectivity index (χ1v) is 13.0. The number of ether oxygens (including phenoxy) is 2. The van der Waals surface area contributed by atoms with Crippen LogP contribution in [0.5, 0.6) is 11.5 Å². The van der Waals surface area contributed by atoms with Gasteiger partial charge in [-0.1, -0.05) is 42.5 Å². The number of hydrogen-bond donors (Lipinski definition) is 2. The normalized spacial score (nSPS) is 30.8. The first kappa shape index (κ1) is 24.8. The Morgan fingerprint density at radius 2 is 1.79 bits per heavy atom. The van der Waals surface area contributed by atoms with Crippen molar-refractivity contribution >= 4 is 0 Å². The maximum Gasteiger partial charge on any atom is 0.177 e. The summed E-state index contributed by atoms with van der Waals surface area (Å²) in [5.74, 6) is -0.0123. The third-order valence-corrected chi connectivity index (χ3v) is 8.68. The van der Waals surface area contributed by atoms with Gasteiger partial charge in [-0.3, -0.25) is 4.98 Å². The van der Waals surface area contributed by atoms with Crippen molar-refractivity contribution < 1.29 is 19.7 Å². The molecule has 6 rings (SSSR count). The maximum atomic E-state index is 12.9. The van der Waals surface area contributed by atoms with Gasteiger partial charge in [-0.2, -0.15) is 5.26 Å². The summed E-state index contributed by atoms with van der Waals surface area (Å²) in [5, 5.41) is 34.6. The number of rotatable bonds is 5. The van der Waals surface area contributed by atoms with Gasteiger partial charge in [-0.25, -0.2) is 0 Å². The lowest BCUT2D eigenvalue weighted by Crippen LogP contribution is -2.52. The molecule has 8 nitrogen and oxygen atoms in total. The summed E-state index contributed by atoms with van der Waals surface area (Å²) in [6, 6.07) is 19.3. The second-order valence-corrected chi connectivity index (χ2v) is 10.6. The Bertz CT molecular complexity index is 1350. The van der Waals surface area contributed by atoms with E-state index in [2.05, 4.69) is 27.9 Å². The van der Waals surface area contributed by atoms with E-state index < -0.39 is 23.2 Å². The average molecular weight is 513 g/mol. The maximum absolute atomic E-state index is 12.9. The predicted octanol–water partition coefficient (Wildman–Crippen LogP) is 2.46. The van der Waals surface area contributed by atoms with Crippen molar-refractivity contribution in [3.63, 3.8) is 0 Å². The molecular weight excluding hydrogens is 480 g/mol. The summed E-state index contributed by atoms with van der Waals surface area (Å²) in [4.78, 5) is 8.95. The summed E-state index contributed by atoms with van der Waals surface area (Å²) in [5.41, 5.74) is -0.641. The molecule has 2 fully saturated rings. The number of benzene rings is 2. The molecule has 0 amide bonds. The van der Waals surface area contributed by atoms with Gasteiger partial charge in [0, 0.05) is 44.6 Å². The zero-order valence-electron chi connectivity index (χ0n) is 21.6. The molecule has 5 atom stereocenters. The van der Waals surface area contributed by atoms with Gasteiger partial charge in [0.15, 0.2) is 11.2 Å². The molecule has 2 aromatic carbocycles. The summed E-state index contributed by atoms with van der Waals surface area (Å²) in [6.07, 6.45) is 1.96. The molecule has 196 valence electrons. The number of pyridine rings is 1.